The maximum atomic E-state index is 12.3. The molecule has 7 heteroatoms. The Morgan fingerprint density at radius 3 is 2.45 bits per heavy atom. The summed E-state index contributed by atoms with van der Waals surface area (Å²) in [5, 5.41) is -0.259. The van der Waals surface area contributed by atoms with Gasteiger partial charge in [0.1, 0.15) is 0 Å². The molecule has 0 unspecified atom stereocenters. The molecular formula is C15H18N2O4S. The SMILES string of the molecule is COc1ccc(/C=C2\SC(=O)N(CN(C)C)C2=O)cc1OC. The second-order valence-corrected chi connectivity index (χ2v) is 5.94. The summed E-state index contributed by atoms with van der Waals surface area (Å²) in [6, 6.07) is 5.33. The van der Waals surface area contributed by atoms with Crippen LogP contribution in [0, 0.1) is 0 Å². The Hall–Kier alpha value is -1.99. The molecule has 22 heavy (non-hydrogen) atoms. The zero-order valence-corrected chi connectivity index (χ0v) is 13.8. The Labute approximate surface area is 133 Å². The van der Waals surface area contributed by atoms with Crippen LogP contribution >= 0.6 is 11.8 Å². The molecule has 0 aliphatic carbocycles. The average Bonchev–Trinajstić information content (AvgIpc) is 2.74. The third kappa shape index (κ3) is 3.42. The van der Waals surface area contributed by atoms with Crippen molar-refractivity contribution in [1.29, 1.82) is 0 Å². The molecule has 1 heterocycles. The molecule has 1 aromatic rings. The molecule has 1 aliphatic rings. The number of imide groups is 1. The number of thioether (sulfide) groups is 1. The van der Waals surface area contributed by atoms with Crippen molar-refractivity contribution < 1.29 is 19.1 Å². The molecule has 0 spiro atoms. The summed E-state index contributed by atoms with van der Waals surface area (Å²) in [5.41, 5.74) is 0.771. The molecule has 118 valence electrons. The zero-order valence-electron chi connectivity index (χ0n) is 13.0. The van der Waals surface area contributed by atoms with E-state index in [-0.39, 0.29) is 17.8 Å². The van der Waals surface area contributed by atoms with Crippen LogP contribution in [0.15, 0.2) is 23.1 Å². The van der Waals surface area contributed by atoms with Gasteiger partial charge < -0.3 is 9.47 Å². The van der Waals surface area contributed by atoms with E-state index in [1.54, 1.807) is 57.5 Å². The molecule has 2 amide bonds. The highest BCUT2D eigenvalue weighted by Gasteiger charge is 2.35. The number of carbonyl (C=O) groups is 2. The van der Waals surface area contributed by atoms with Crippen molar-refractivity contribution in [2.75, 3.05) is 35.0 Å². The van der Waals surface area contributed by atoms with Crippen molar-refractivity contribution >= 4 is 29.0 Å². The van der Waals surface area contributed by atoms with Gasteiger partial charge in [-0.05, 0) is 49.6 Å². The van der Waals surface area contributed by atoms with Crippen LogP contribution in [-0.2, 0) is 4.79 Å². The molecule has 0 saturated carbocycles. The Balaban J connectivity index is 2.27. The van der Waals surface area contributed by atoms with Crippen molar-refractivity contribution in [2.24, 2.45) is 0 Å². The number of methoxy groups -OCH3 is 2. The second kappa shape index (κ2) is 6.85. The van der Waals surface area contributed by atoms with Gasteiger partial charge in [-0.3, -0.25) is 19.4 Å². The summed E-state index contributed by atoms with van der Waals surface area (Å²) in [6.07, 6.45) is 1.68. The predicted octanol–water partition coefficient (Wildman–Crippen LogP) is 2.26. The number of hydrogen-bond donors (Lipinski definition) is 0. The summed E-state index contributed by atoms with van der Waals surface area (Å²) in [4.78, 5) is 27.6. The highest BCUT2D eigenvalue weighted by atomic mass is 32.2. The van der Waals surface area contributed by atoms with Crippen LogP contribution in [0.3, 0.4) is 0 Å². The van der Waals surface area contributed by atoms with Crippen LogP contribution < -0.4 is 9.47 Å². The van der Waals surface area contributed by atoms with Crippen LogP contribution in [0.25, 0.3) is 6.08 Å². The van der Waals surface area contributed by atoms with Gasteiger partial charge in [-0.25, -0.2) is 0 Å². The summed E-state index contributed by atoms with van der Waals surface area (Å²) in [5.74, 6) is 0.905. The quantitative estimate of drug-likeness (QED) is 0.775. The fourth-order valence-electron chi connectivity index (χ4n) is 2.00. The van der Waals surface area contributed by atoms with E-state index in [4.69, 9.17) is 9.47 Å². The van der Waals surface area contributed by atoms with E-state index in [1.807, 2.05) is 0 Å². The highest BCUT2D eigenvalue weighted by molar-refractivity contribution is 8.18. The molecule has 0 atom stereocenters. The van der Waals surface area contributed by atoms with Gasteiger partial charge in [0.25, 0.3) is 11.1 Å². The first-order valence-corrected chi connectivity index (χ1v) is 7.40. The molecule has 1 fully saturated rings. The average molecular weight is 322 g/mol. The van der Waals surface area contributed by atoms with Crippen molar-refractivity contribution in [2.45, 2.75) is 0 Å². The third-order valence-electron chi connectivity index (χ3n) is 3.00. The molecule has 2 rings (SSSR count). The van der Waals surface area contributed by atoms with Gasteiger partial charge in [0.15, 0.2) is 11.5 Å². The fraction of sp³-hybridized carbons (Fsp3) is 0.333. The number of rotatable bonds is 5. The van der Waals surface area contributed by atoms with Crippen LogP contribution in [0.5, 0.6) is 11.5 Å². The molecule has 0 aromatic heterocycles. The predicted molar refractivity (Wildman–Crippen MR) is 85.9 cm³/mol. The second-order valence-electron chi connectivity index (χ2n) is 4.95. The smallest absolute Gasteiger partial charge is 0.294 e. The molecule has 0 N–H and O–H groups in total. The van der Waals surface area contributed by atoms with Crippen molar-refractivity contribution in [3.63, 3.8) is 0 Å². The van der Waals surface area contributed by atoms with Gasteiger partial charge in [0, 0.05) is 0 Å². The fourth-order valence-corrected chi connectivity index (χ4v) is 2.83. The van der Waals surface area contributed by atoms with Gasteiger partial charge in [-0.15, -0.1) is 0 Å². The maximum absolute atomic E-state index is 12.3. The summed E-state index contributed by atoms with van der Waals surface area (Å²) < 4.78 is 10.4. The number of ether oxygens (including phenoxy) is 2. The molecule has 1 saturated heterocycles. The maximum Gasteiger partial charge on any atom is 0.294 e. The summed E-state index contributed by atoms with van der Waals surface area (Å²) >= 11 is 0.942. The lowest BCUT2D eigenvalue weighted by Crippen LogP contribution is -2.36. The summed E-state index contributed by atoms with van der Waals surface area (Å²) in [6.45, 7) is 0.272. The minimum absolute atomic E-state index is 0.259. The number of amides is 2. The van der Waals surface area contributed by atoms with Crippen molar-refractivity contribution in [1.82, 2.24) is 9.80 Å². The summed E-state index contributed by atoms with van der Waals surface area (Å²) in [7, 11) is 6.72. The van der Waals surface area contributed by atoms with Crippen LogP contribution in [0.4, 0.5) is 4.79 Å². The Morgan fingerprint density at radius 2 is 1.86 bits per heavy atom. The van der Waals surface area contributed by atoms with Crippen LogP contribution in [0.2, 0.25) is 0 Å². The number of nitrogens with zero attached hydrogens (tertiary/aromatic N) is 2. The molecule has 1 aliphatic heterocycles. The monoisotopic (exact) mass is 322 g/mol. The Kier molecular flexibility index (Phi) is 5.10. The number of carbonyl (C=O) groups excluding carboxylic acids is 2. The molecule has 1 aromatic carbocycles. The highest BCUT2D eigenvalue weighted by Crippen LogP contribution is 2.34. The minimum Gasteiger partial charge on any atom is -0.493 e. The third-order valence-corrected chi connectivity index (χ3v) is 3.91. The van der Waals surface area contributed by atoms with E-state index in [0.717, 1.165) is 17.3 Å². The Morgan fingerprint density at radius 1 is 1.18 bits per heavy atom. The van der Waals surface area contributed by atoms with Crippen molar-refractivity contribution in [3.05, 3.63) is 28.7 Å². The molecule has 0 radical (unpaired) electrons. The first-order chi connectivity index (χ1) is 10.5. The lowest BCUT2D eigenvalue weighted by Gasteiger charge is -2.17. The zero-order chi connectivity index (χ0) is 16.3. The van der Waals surface area contributed by atoms with E-state index in [9.17, 15) is 9.59 Å². The van der Waals surface area contributed by atoms with Gasteiger partial charge in [0.05, 0.1) is 25.8 Å². The minimum atomic E-state index is -0.279. The van der Waals surface area contributed by atoms with Crippen LogP contribution in [0.1, 0.15) is 5.56 Å². The standard InChI is InChI=1S/C15H18N2O4S/c1-16(2)9-17-14(18)13(22-15(17)19)8-10-5-6-11(20-3)12(7-10)21-4/h5-8H,9H2,1-4H3/b13-8-. The van der Waals surface area contributed by atoms with Gasteiger partial charge in [-0.2, -0.15) is 0 Å². The molecule has 6 nitrogen and oxygen atoms in total. The van der Waals surface area contributed by atoms with E-state index in [0.29, 0.717) is 16.4 Å². The Bertz CT molecular complexity index is 628. The van der Waals surface area contributed by atoms with Gasteiger partial charge in [-0.1, -0.05) is 6.07 Å². The molecular weight excluding hydrogens is 304 g/mol. The topological polar surface area (TPSA) is 59.1 Å². The van der Waals surface area contributed by atoms with Crippen LogP contribution in [-0.4, -0.2) is 55.9 Å². The van der Waals surface area contributed by atoms with Gasteiger partial charge >= 0.3 is 0 Å². The normalized spacial score (nSPS) is 16.8. The lowest BCUT2D eigenvalue weighted by atomic mass is 10.2. The molecule has 0 bridgehead atoms. The van der Waals surface area contributed by atoms with E-state index in [1.165, 1.54) is 4.90 Å². The largest absolute Gasteiger partial charge is 0.493 e. The van der Waals surface area contributed by atoms with Gasteiger partial charge in [0.2, 0.25) is 0 Å². The van der Waals surface area contributed by atoms with E-state index in [2.05, 4.69) is 0 Å². The number of hydrogen-bond acceptors (Lipinski definition) is 6. The lowest BCUT2D eigenvalue weighted by molar-refractivity contribution is -0.123. The van der Waals surface area contributed by atoms with E-state index >= 15 is 0 Å². The first-order valence-electron chi connectivity index (χ1n) is 6.58. The first kappa shape index (κ1) is 16.4. The number of benzene rings is 1. The van der Waals surface area contributed by atoms with E-state index < -0.39 is 0 Å². The van der Waals surface area contributed by atoms with Crippen molar-refractivity contribution in [3.8, 4) is 11.5 Å².